The molecule has 1 aliphatic heterocycles. The summed E-state index contributed by atoms with van der Waals surface area (Å²) in [6.45, 7) is 3.85. The summed E-state index contributed by atoms with van der Waals surface area (Å²) in [7, 11) is 1.61. The van der Waals surface area contributed by atoms with Gasteiger partial charge in [0.25, 0.3) is 11.8 Å². The molecule has 0 saturated heterocycles. The molecule has 6 heteroatoms. The fourth-order valence-corrected chi connectivity index (χ4v) is 2.77. The van der Waals surface area contributed by atoms with E-state index in [0.29, 0.717) is 17.0 Å². The van der Waals surface area contributed by atoms with Crippen LogP contribution in [-0.4, -0.2) is 25.5 Å². The number of aryl methyl sites for hydroxylation is 1. The average molecular weight is 340 g/mol. The number of carbonyl (C=O) groups is 2. The molecule has 2 amide bonds. The zero-order valence-corrected chi connectivity index (χ0v) is 14.4. The van der Waals surface area contributed by atoms with Crippen molar-refractivity contribution < 1.29 is 19.1 Å². The molecule has 0 aliphatic carbocycles. The van der Waals surface area contributed by atoms with Crippen molar-refractivity contribution in [3.8, 4) is 11.5 Å². The quantitative estimate of drug-likeness (QED) is 0.897. The minimum Gasteiger partial charge on any atom is -0.496 e. The molecular formula is C19H20N2O4. The van der Waals surface area contributed by atoms with Gasteiger partial charge in [0.1, 0.15) is 11.5 Å². The lowest BCUT2D eigenvalue weighted by Crippen LogP contribution is -2.28. The molecule has 130 valence electrons. The van der Waals surface area contributed by atoms with E-state index in [-0.39, 0.29) is 24.5 Å². The fourth-order valence-electron chi connectivity index (χ4n) is 2.77. The van der Waals surface area contributed by atoms with Gasteiger partial charge in [0.2, 0.25) is 0 Å². The van der Waals surface area contributed by atoms with E-state index in [4.69, 9.17) is 9.47 Å². The maximum absolute atomic E-state index is 12.6. The molecule has 0 fully saturated rings. The van der Waals surface area contributed by atoms with Gasteiger partial charge in [0, 0.05) is 11.1 Å². The second kappa shape index (κ2) is 6.84. The van der Waals surface area contributed by atoms with E-state index in [1.807, 2.05) is 32.0 Å². The Morgan fingerprint density at radius 3 is 2.84 bits per heavy atom. The average Bonchev–Trinajstić information content (AvgIpc) is 2.61. The molecule has 0 unspecified atom stereocenters. The van der Waals surface area contributed by atoms with Gasteiger partial charge in [-0.3, -0.25) is 9.59 Å². The Hall–Kier alpha value is -3.02. The highest BCUT2D eigenvalue weighted by molar-refractivity contribution is 5.99. The number of rotatable bonds is 4. The number of hydrogen-bond donors (Lipinski definition) is 2. The van der Waals surface area contributed by atoms with Crippen LogP contribution in [0, 0.1) is 6.92 Å². The van der Waals surface area contributed by atoms with E-state index in [9.17, 15) is 9.59 Å². The van der Waals surface area contributed by atoms with Crippen LogP contribution in [0.3, 0.4) is 0 Å². The maximum atomic E-state index is 12.6. The first-order chi connectivity index (χ1) is 12.0. The monoisotopic (exact) mass is 340 g/mol. The van der Waals surface area contributed by atoms with Crippen molar-refractivity contribution in [2.45, 2.75) is 19.9 Å². The van der Waals surface area contributed by atoms with Crippen molar-refractivity contribution in [3.05, 3.63) is 53.1 Å². The summed E-state index contributed by atoms with van der Waals surface area (Å²) in [6.07, 6.45) is 0. The minimum atomic E-state index is -0.223. The molecule has 1 atom stereocenters. The van der Waals surface area contributed by atoms with Crippen molar-refractivity contribution in [2.24, 2.45) is 0 Å². The summed E-state index contributed by atoms with van der Waals surface area (Å²) in [6, 6.07) is 10.6. The number of benzene rings is 2. The Labute approximate surface area is 146 Å². The van der Waals surface area contributed by atoms with Gasteiger partial charge in [-0.15, -0.1) is 0 Å². The predicted molar refractivity (Wildman–Crippen MR) is 94.2 cm³/mol. The van der Waals surface area contributed by atoms with E-state index < -0.39 is 0 Å². The van der Waals surface area contributed by atoms with Crippen molar-refractivity contribution in [1.82, 2.24) is 5.32 Å². The Morgan fingerprint density at radius 1 is 1.28 bits per heavy atom. The second-order valence-electron chi connectivity index (χ2n) is 5.99. The number of carbonyl (C=O) groups excluding carboxylic acids is 2. The molecule has 1 heterocycles. The largest absolute Gasteiger partial charge is 0.496 e. The molecule has 0 aromatic heterocycles. The van der Waals surface area contributed by atoms with Crippen LogP contribution >= 0.6 is 0 Å². The lowest BCUT2D eigenvalue weighted by Gasteiger charge is -2.20. The van der Waals surface area contributed by atoms with Gasteiger partial charge in [-0.2, -0.15) is 0 Å². The summed E-state index contributed by atoms with van der Waals surface area (Å²) >= 11 is 0. The molecule has 0 bridgehead atoms. The van der Waals surface area contributed by atoms with Gasteiger partial charge in [0.15, 0.2) is 6.61 Å². The van der Waals surface area contributed by atoms with Gasteiger partial charge in [0.05, 0.1) is 18.8 Å². The SMILES string of the molecule is COc1ccc(C)cc1[C@@H](C)NC(=O)c1ccc2c(c1)OCC(=O)N2. The second-order valence-corrected chi connectivity index (χ2v) is 5.99. The normalized spacial score (nSPS) is 14.0. The molecule has 2 aromatic carbocycles. The summed E-state index contributed by atoms with van der Waals surface area (Å²) < 4.78 is 10.7. The number of nitrogens with one attached hydrogen (secondary N) is 2. The molecule has 2 N–H and O–H groups in total. The molecule has 0 spiro atoms. The summed E-state index contributed by atoms with van der Waals surface area (Å²) in [4.78, 5) is 23.9. The van der Waals surface area contributed by atoms with Crippen LogP contribution in [-0.2, 0) is 4.79 Å². The van der Waals surface area contributed by atoms with Crippen LogP contribution in [0.5, 0.6) is 11.5 Å². The first kappa shape index (κ1) is 16.8. The van der Waals surface area contributed by atoms with Crippen molar-refractivity contribution >= 4 is 17.5 Å². The summed E-state index contributed by atoms with van der Waals surface area (Å²) in [5.74, 6) is 0.798. The molecule has 25 heavy (non-hydrogen) atoms. The van der Waals surface area contributed by atoms with Crippen LogP contribution in [0.25, 0.3) is 0 Å². The van der Waals surface area contributed by atoms with Crippen LogP contribution < -0.4 is 20.1 Å². The predicted octanol–water partition coefficient (Wildman–Crippen LogP) is 2.83. The Kier molecular flexibility index (Phi) is 4.61. The third-order valence-electron chi connectivity index (χ3n) is 4.08. The van der Waals surface area contributed by atoms with Gasteiger partial charge >= 0.3 is 0 Å². The van der Waals surface area contributed by atoms with E-state index >= 15 is 0 Å². The topological polar surface area (TPSA) is 76.7 Å². The Morgan fingerprint density at radius 2 is 2.08 bits per heavy atom. The first-order valence-corrected chi connectivity index (χ1v) is 8.00. The summed E-state index contributed by atoms with van der Waals surface area (Å²) in [5, 5.41) is 5.67. The van der Waals surface area contributed by atoms with Gasteiger partial charge < -0.3 is 20.1 Å². The highest BCUT2D eigenvalue weighted by Gasteiger charge is 2.20. The standard InChI is InChI=1S/C19H20N2O4/c1-11-4-7-16(24-3)14(8-11)12(2)20-19(23)13-5-6-15-17(9-13)25-10-18(22)21-15/h4-9,12H,10H2,1-3H3,(H,20,23)(H,21,22)/t12-/m1/s1. The molecule has 6 nitrogen and oxygen atoms in total. The van der Waals surface area contributed by atoms with E-state index in [1.165, 1.54) is 0 Å². The van der Waals surface area contributed by atoms with Crippen molar-refractivity contribution in [2.75, 3.05) is 19.0 Å². The van der Waals surface area contributed by atoms with Crippen molar-refractivity contribution in [3.63, 3.8) is 0 Å². The third-order valence-corrected chi connectivity index (χ3v) is 4.08. The molecule has 0 radical (unpaired) electrons. The molecule has 2 aromatic rings. The number of anilines is 1. The van der Waals surface area contributed by atoms with Gasteiger partial charge in [-0.1, -0.05) is 17.7 Å². The molecule has 1 aliphatic rings. The molecule has 3 rings (SSSR count). The van der Waals surface area contributed by atoms with E-state index in [1.54, 1.807) is 25.3 Å². The Balaban J connectivity index is 1.78. The van der Waals surface area contributed by atoms with Crippen LogP contribution in [0.15, 0.2) is 36.4 Å². The Bertz CT molecular complexity index is 832. The minimum absolute atomic E-state index is 0.0467. The number of fused-ring (bicyclic) bond motifs is 1. The van der Waals surface area contributed by atoms with Gasteiger partial charge in [-0.25, -0.2) is 0 Å². The number of methoxy groups -OCH3 is 1. The molecular weight excluding hydrogens is 320 g/mol. The fraction of sp³-hybridized carbons (Fsp3) is 0.263. The van der Waals surface area contributed by atoms with Crippen molar-refractivity contribution in [1.29, 1.82) is 0 Å². The zero-order chi connectivity index (χ0) is 18.0. The first-order valence-electron chi connectivity index (χ1n) is 8.00. The lowest BCUT2D eigenvalue weighted by atomic mass is 10.0. The van der Waals surface area contributed by atoms with Crippen LogP contribution in [0.1, 0.15) is 34.5 Å². The van der Waals surface area contributed by atoms with Crippen LogP contribution in [0.4, 0.5) is 5.69 Å². The number of ether oxygens (including phenoxy) is 2. The van der Waals surface area contributed by atoms with E-state index in [0.717, 1.165) is 16.9 Å². The highest BCUT2D eigenvalue weighted by atomic mass is 16.5. The third kappa shape index (κ3) is 3.57. The van der Waals surface area contributed by atoms with Gasteiger partial charge in [-0.05, 0) is 38.1 Å². The zero-order valence-electron chi connectivity index (χ0n) is 14.4. The number of amides is 2. The smallest absolute Gasteiger partial charge is 0.262 e. The summed E-state index contributed by atoms with van der Waals surface area (Å²) in [5.41, 5.74) is 3.04. The number of hydrogen-bond acceptors (Lipinski definition) is 4. The van der Waals surface area contributed by atoms with Crippen LogP contribution in [0.2, 0.25) is 0 Å². The van der Waals surface area contributed by atoms with E-state index in [2.05, 4.69) is 10.6 Å². The maximum Gasteiger partial charge on any atom is 0.262 e. The molecule has 0 saturated carbocycles. The highest BCUT2D eigenvalue weighted by Crippen LogP contribution is 2.29. The lowest BCUT2D eigenvalue weighted by molar-refractivity contribution is -0.118.